The molecular formula is C15H16N6O3. The average Bonchev–Trinajstić information content (AvgIpc) is 3.29. The number of carbonyl (C=O) groups excluding carboxylic acids is 2. The number of nitrogens with one attached hydrogen (secondary N) is 2. The van der Waals surface area contributed by atoms with Crippen molar-refractivity contribution in [2.45, 2.75) is 13.5 Å². The molecule has 9 heteroatoms. The maximum Gasteiger partial charge on any atom is 0.292 e. The molecule has 24 heavy (non-hydrogen) atoms. The van der Waals surface area contributed by atoms with Crippen LogP contribution >= 0.6 is 0 Å². The van der Waals surface area contributed by atoms with Crippen molar-refractivity contribution in [1.29, 1.82) is 0 Å². The van der Waals surface area contributed by atoms with E-state index in [2.05, 4.69) is 20.8 Å². The molecule has 0 aliphatic carbocycles. The Kier molecular flexibility index (Phi) is 4.15. The highest BCUT2D eigenvalue weighted by Crippen LogP contribution is 2.13. The molecule has 3 heterocycles. The van der Waals surface area contributed by atoms with E-state index in [-0.39, 0.29) is 11.5 Å². The van der Waals surface area contributed by atoms with Crippen molar-refractivity contribution in [3.05, 3.63) is 48.2 Å². The number of furan rings is 1. The number of carbonyl (C=O) groups is 2. The van der Waals surface area contributed by atoms with Gasteiger partial charge in [-0.25, -0.2) is 0 Å². The Labute approximate surface area is 137 Å². The molecule has 0 saturated heterocycles. The number of aromatic nitrogens is 4. The number of nitrogens with zero attached hydrogens (tertiary/aromatic N) is 4. The molecule has 9 nitrogen and oxygen atoms in total. The van der Waals surface area contributed by atoms with Gasteiger partial charge in [0.2, 0.25) is 0 Å². The monoisotopic (exact) mass is 328 g/mol. The van der Waals surface area contributed by atoms with E-state index in [0.717, 1.165) is 0 Å². The number of aryl methyl sites for hydroxylation is 2. The summed E-state index contributed by atoms with van der Waals surface area (Å²) in [6.45, 7) is 2.66. The van der Waals surface area contributed by atoms with E-state index in [1.165, 1.54) is 17.0 Å². The number of hydrogen-bond donors (Lipinski definition) is 2. The van der Waals surface area contributed by atoms with Gasteiger partial charge in [-0.15, -0.1) is 0 Å². The lowest BCUT2D eigenvalue weighted by molar-refractivity contribution is 0.0993. The Morgan fingerprint density at radius 1 is 1.21 bits per heavy atom. The second-order valence-electron chi connectivity index (χ2n) is 4.98. The molecule has 0 aliphatic rings. The van der Waals surface area contributed by atoms with E-state index in [4.69, 9.17) is 4.42 Å². The van der Waals surface area contributed by atoms with E-state index in [9.17, 15) is 9.59 Å². The molecule has 2 amide bonds. The molecule has 0 saturated carbocycles. The molecule has 0 unspecified atom stereocenters. The van der Waals surface area contributed by atoms with Crippen molar-refractivity contribution < 1.29 is 14.0 Å². The molecule has 0 spiro atoms. The summed E-state index contributed by atoms with van der Waals surface area (Å²) in [5.74, 6) is 0.156. The average molecular weight is 328 g/mol. The standard InChI is InChI=1S/C15H16N6O3/c1-3-21-7-6-12(19-21)16-14(22)10-9-13(20(2)18-10)17-15(23)11-5-4-8-24-11/h4-9H,3H2,1-2H3,(H,17,23)(H,16,19,22). The third kappa shape index (κ3) is 3.19. The van der Waals surface area contributed by atoms with Crippen LogP contribution in [0, 0.1) is 0 Å². The molecule has 3 rings (SSSR count). The first kappa shape index (κ1) is 15.5. The van der Waals surface area contributed by atoms with Gasteiger partial charge in [-0.3, -0.25) is 19.0 Å². The first-order valence-corrected chi connectivity index (χ1v) is 7.30. The fourth-order valence-corrected chi connectivity index (χ4v) is 2.07. The maximum absolute atomic E-state index is 12.2. The summed E-state index contributed by atoms with van der Waals surface area (Å²) in [5.41, 5.74) is 0.165. The molecule has 0 fully saturated rings. The van der Waals surface area contributed by atoms with Gasteiger partial charge in [0, 0.05) is 31.9 Å². The van der Waals surface area contributed by atoms with Crippen LogP contribution in [0.25, 0.3) is 0 Å². The Morgan fingerprint density at radius 2 is 2.04 bits per heavy atom. The highest BCUT2D eigenvalue weighted by Gasteiger charge is 2.17. The molecule has 0 aliphatic heterocycles. The summed E-state index contributed by atoms with van der Waals surface area (Å²) in [7, 11) is 1.63. The van der Waals surface area contributed by atoms with Gasteiger partial charge in [0.05, 0.1) is 6.26 Å². The summed E-state index contributed by atoms with van der Waals surface area (Å²) in [5, 5.41) is 13.6. The predicted octanol–water partition coefficient (Wildman–Crippen LogP) is 1.73. The first-order valence-electron chi connectivity index (χ1n) is 7.30. The highest BCUT2D eigenvalue weighted by atomic mass is 16.3. The fourth-order valence-electron chi connectivity index (χ4n) is 2.07. The van der Waals surface area contributed by atoms with E-state index in [1.807, 2.05) is 6.92 Å². The molecule has 3 aromatic rings. The van der Waals surface area contributed by atoms with E-state index >= 15 is 0 Å². The zero-order valence-electron chi connectivity index (χ0n) is 13.2. The van der Waals surface area contributed by atoms with Gasteiger partial charge in [-0.05, 0) is 19.1 Å². The number of amides is 2. The van der Waals surface area contributed by atoms with Gasteiger partial charge in [0.25, 0.3) is 11.8 Å². The highest BCUT2D eigenvalue weighted by molar-refractivity contribution is 6.05. The van der Waals surface area contributed by atoms with Crippen molar-refractivity contribution in [2.24, 2.45) is 7.05 Å². The molecule has 124 valence electrons. The van der Waals surface area contributed by atoms with Crippen molar-refractivity contribution in [2.75, 3.05) is 10.6 Å². The molecule has 0 atom stereocenters. The quantitative estimate of drug-likeness (QED) is 0.742. The minimum atomic E-state index is -0.420. The Bertz CT molecular complexity index is 862. The van der Waals surface area contributed by atoms with E-state index in [1.54, 1.807) is 36.1 Å². The maximum atomic E-state index is 12.2. The summed E-state index contributed by atoms with van der Waals surface area (Å²) in [6.07, 6.45) is 3.18. The van der Waals surface area contributed by atoms with Crippen LogP contribution in [0.2, 0.25) is 0 Å². The van der Waals surface area contributed by atoms with Crippen LogP contribution in [-0.4, -0.2) is 31.4 Å². The van der Waals surface area contributed by atoms with Crippen LogP contribution in [0.4, 0.5) is 11.6 Å². The van der Waals surface area contributed by atoms with Crippen molar-refractivity contribution in [3.8, 4) is 0 Å². The summed E-state index contributed by atoms with van der Waals surface area (Å²) < 4.78 is 8.12. The minimum Gasteiger partial charge on any atom is -0.459 e. The second kappa shape index (κ2) is 6.41. The fraction of sp³-hybridized carbons (Fsp3) is 0.200. The molecule has 0 aromatic carbocycles. The van der Waals surface area contributed by atoms with E-state index in [0.29, 0.717) is 18.2 Å². The van der Waals surface area contributed by atoms with Crippen LogP contribution in [0.15, 0.2) is 41.1 Å². The smallest absolute Gasteiger partial charge is 0.292 e. The molecule has 0 bridgehead atoms. The van der Waals surface area contributed by atoms with Crippen LogP contribution in [-0.2, 0) is 13.6 Å². The Morgan fingerprint density at radius 3 is 2.71 bits per heavy atom. The topological polar surface area (TPSA) is 107 Å². The van der Waals surface area contributed by atoms with Gasteiger partial charge in [0.15, 0.2) is 17.3 Å². The van der Waals surface area contributed by atoms with Crippen molar-refractivity contribution in [3.63, 3.8) is 0 Å². The Balaban J connectivity index is 1.70. The minimum absolute atomic E-state index is 0.165. The summed E-state index contributed by atoms with van der Waals surface area (Å²) in [6, 6.07) is 6.34. The number of rotatable bonds is 5. The third-order valence-electron chi connectivity index (χ3n) is 3.31. The third-order valence-corrected chi connectivity index (χ3v) is 3.31. The Hall–Kier alpha value is -3.36. The molecule has 2 N–H and O–H groups in total. The molecule has 0 radical (unpaired) electrons. The van der Waals surface area contributed by atoms with Gasteiger partial charge in [0.1, 0.15) is 5.82 Å². The van der Waals surface area contributed by atoms with Gasteiger partial charge in [-0.2, -0.15) is 10.2 Å². The first-order chi connectivity index (χ1) is 11.6. The van der Waals surface area contributed by atoms with Crippen LogP contribution in [0.1, 0.15) is 28.0 Å². The van der Waals surface area contributed by atoms with Crippen LogP contribution < -0.4 is 10.6 Å². The largest absolute Gasteiger partial charge is 0.459 e. The van der Waals surface area contributed by atoms with Gasteiger partial charge < -0.3 is 15.1 Å². The molecular weight excluding hydrogens is 312 g/mol. The number of hydrogen-bond acceptors (Lipinski definition) is 5. The zero-order chi connectivity index (χ0) is 17.1. The lowest BCUT2D eigenvalue weighted by Crippen LogP contribution is -2.14. The second-order valence-corrected chi connectivity index (χ2v) is 4.98. The predicted molar refractivity (Wildman–Crippen MR) is 85.7 cm³/mol. The summed E-state index contributed by atoms with van der Waals surface area (Å²) >= 11 is 0. The van der Waals surface area contributed by atoms with E-state index < -0.39 is 11.8 Å². The SMILES string of the molecule is CCn1ccc(NC(=O)c2cc(NC(=O)c3ccco3)n(C)n2)n1. The number of anilines is 2. The lowest BCUT2D eigenvalue weighted by atomic mass is 10.3. The zero-order valence-corrected chi connectivity index (χ0v) is 13.2. The lowest BCUT2D eigenvalue weighted by Gasteiger charge is -2.01. The van der Waals surface area contributed by atoms with Gasteiger partial charge in [-0.1, -0.05) is 0 Å². The van der Waals surface area contributed by atoms with Crippen LogP contribution in [0.5, 0.6) is 0 Å². The van der Waals surface area contributed by atoms with Crippen LogP contribution in [0.3, 0.4) is 0 Å². The van der Waals surface area contributed by atoms with Gasteiger partial charge >= 0.3 is 0 Å². The normalized spacial score (nSPS) is 10.6. The summed E-state index contributed by atoms with van der Waals surface area (Å²) in [4.78, 5) is 24.2. The van der Waals surface area contributed by atoms with Crippen molar-refractivity contribution in [1.82, 2.24) is 19.6 Å². The van der Waals surface area contributed by atoms with Crippen molar-refractivity contribution >= 4 is 23.5 Å². The molecule has 3 aromatic heterocycles.